The van der Waals surface area contributed by atoms with Crippen LogP contribution in [0.3, 0.4) is 0 Å². The summed E-state index contributed by atoms with van der Waals surface area (Å²) in [7, 11) is 0. The van der Waals surface area contributed by atoms with Crippen LogP contribution in [0.4, 0.5) is 4.79 Å². The molecule has 1 fully saturated rings. The fourth-order valence-electron chi connectivity index (χ4n) is 4.80. The first-order valence-electron chi connectivity index (χ1n) is 12.0. The van der Waals surface area contributed by atoms with Gasteiger partial charge < -0.3 is 14.0 Å². The van der Waals surface area contributed by atoms with E-state index in [0.717, 1.165) is 40.9 Å². The van der Waals surface area contributed by atoms with Crippen molar-refractivity contribution < 1.29 is 9.53 Å². The number of carbonyl (C=O) groups is 1. The van der Waals surface area contributed by atoms with Crippen LogP contribution in [-0.2, 0) is 4.74 Å². The Bertz CT molecular complexity index is 1490. The van der Waals surface area contributed by atoms with Crippen LogP contribution in [0.1, 0.15) is 56.5 Å². The molecule has 0 spiro atoms. The van der Waals surface area contributed by atoms with Crippen LogP contribution in [0.5, 0.6) is 0 Å². The average Bonchev–Trinajstić information content (AvgIpc) is 3.22. The molecule has 1 aliphatic rings. The lowest BCUT2D eigenvalue weighted by molar-refractivity contribution is 0.0205. The standard InChI is InChI=1S/C27H31N5O3/c1-17-14-31-15-21(12-23(31)18(2)28-17)22-13-25(33)32-16-20(6-7-24(32)29-22)19-8-10-30(11-9-19)26(34)35-27(3,4)5/h6-7,12-16,19H,8-11H2,1-5H3. The summed E-state index contributed by atoms with van der Waals surface area (Å²) in [5.74, 6) is 0.278. The summed E-state index contributed by atoms with van der Waals surface area (Å²) in [5, 5.41) is 0. The van der Waals surface area contributed by atoms with E-state index in [9.17, 15) is 9.59 Å². The van der Waals surface area contributed by atoms with Gasteiger partial charge in [-0.15, -0.1) is 0 Å². The largest absolute Gasteiger partial charge is 0.444 e. The van der Waals surface area contributed by atoms with Crippen molar-refractivity contribution in [1.29, 1.82) is 0 Å². The van der Waals surface area contributed by atoms with E-state index in [1.54, 1.807) is 15.4 Å². The summed E-state index contributed by atoms with van der Waals surface area (Å²) in [6.45, 7) is 10.9. The predicted molar refractivity (Wildman–Crippen MR) is 135 cm³/mol. The molecule has 0 aliphatic carbocycles. The Kier molecular flexibility index (Phi) is 5.62. The summed E-state index contributed by atoms with van der Waals surface area (Å²) < 4.78 is 9.15. The highest BCUT2D eigenvalue weighted by molar-refractivity contribution is 5.70. The molecule has 35 heavy (non-hydrogen) atoms. The zero-order valence-electron chi connectivity index (χ0n) is 20.9. The van der Waals surface area contributed by atoms with Gasteiger partial charge in [0, 0.05) is 43.3 Å². The summed E-state index contributed by atoms with van der Waals surface area (Å²) >= 11 is 0. The Balaban J connectivity index is 1.38. The van der Waals surface area contributed by atoms with Gasteiger partial charge in [-0.3, -0.25) is 14.2 Å². The number of carbonyl (C=O) groups excluding carboxylic acids is 1. The van der Waals surface area contributed by atoms with Crippen molar-refractivity contribution in [1.82, 2.24) is 23.7 Å². The summed E-state index contributed by atoms with van der Waals surface area (Å²) in [6, 6.07) is 7.57. The molecule has 0 radical (unpaired) electrons. The second-order valence-corrected chi connectivity index (χ2v) is 10.4. The molecule has 0 bridgehead atoms. The minimum Gasteiger partial charge on any atom is -0.444 e. The third-order valence-electron chi connectivity index (χ3n) is 6.49. The number of aryl methyl sites for hydroxylation is 2. The molecule has 182 valence electrons. The first kappa shape index (κ1) is 23.1. The van der Waals surface area contributed by atoms with E-state index in [2.05, 4.69) is 4.98 Å². The Morgan fingerprint density at radius 2 is 1.77 bits per heavy atom. The predicted octanol–water partition coefficient (Wildman–Crippen LogP) is 4.74. The van der Waals surface area contributed by atoms with Crippen molar-refractivity contribution in [2.24, 2.45) is 0 Å². The van der Waals surface area contributed by atoms with Crippen LogP contribution in [-0.4, -0.2) is 48.5 Å². The molecule has 1 aliphatic heterocycles. The molecule has 5 heterocycles. The zero-order chi connectivity index (χ0) is 24.9. The highest BCUT2D eigenvalue weighted by Crippen LogP contribution is 2.29. The Morgan fingerprint density at radius 1 is 1.03 bits per heavy atom. The second-order valence-electron chi connectivity index (χ2n) is 10.4. The number of piperidine rings is 1. The lowest BCUT2D eigenvalue weighted by atomic mass is 9.90. The zero-order valence-corrected chi connectivity index (χ0v) is 20.9. The number of pyridine rings is 1. The lowest BCUT2D eigenvalue weighted by Crippen LogP contribution is -2.41. The molecule has 8 heteroatoms. The van der Waals surface area contributed by atoms with Crippen LogP contribution < -0.4 is 5.56 Å². The third-order valence-corrected chi connectivity index (χ3v) is 6.49. The van der Waals surface area contributed by atoms with Crippen molar-refractivity contribution in [3.63, 3.8) is 0 Å². The average molecular weight is 474 g/mol. The van der Waals surface area contributed by atoms with Crippen LogP contribution >= 0.6 is 0 Å². The third kappa shape index (κ3) is 4.65. The maximum Gasteiger partial charge on any atom is 0.410 e. The molecule has 1 saturated heterocycles. The summed E-state index contributed by atoms with van der Waals surface area (Å²) in [5.41, 5.74) is 5.51. The number of fused-ring (bicyclic) bond motifs is 2. The van der Waals surface area contributed by atoms with Crippen molar-refractivity contribution in [2.75, 3.05) is 13.1 Å². The first-order valence-corrected chi connectivity index (χ1v) is 12.0. The quantitative estimate of drug-likeness (QED) is 0.420. The van der Waals surface area contributed by atoms with Gasteiger partial charge in [0.05, 0.1) is 22.6 Å². The summed E-state index contributed by atoms with van der Waals surface area (Å²) in [4.78, 5) is 36.5. The Morgan fingerprint density at radius 3 is 2.49 bits per heavy atom. The van der Waals surface area contributed by atoms with Gasteiger partial charge in [0.2, 0.25) is 0 Å². The Labute approximate surface area is 204 Å². The van der Waals surface area contributed by atoms with Crippen LogP contribution in [0.25, 0.3) is 22.4 Å². The monoisotopic (exact) mass is 473 g/mol. The van der Waals surface area contributed by atoms with Crippen LogP contribution in [0, 0.1) is 13.8 Å². The molecular formula is C27H31N5O3. The SMILES string of the molecule is Cc1cn2cc(-c3cc(=O)n4cc(C5CCN(C(=O)OC(C)(C)C)CC5)ccc4n3)cc2c(C)n1. The fourth-order valence-corrected chi connectivity index (χ4v) is 4.80. The van der Waals surface area contributed by atoms with E-state index in [-0.39, 0.29) is 17.6 Å². The Hall–Kier alpha value is -3.68. The van der Waals surface area contributed by atoms with Crippen molar-refractivity contribution in [3.8, 4) is 11.3 Å². The molecule has 0 atom stereocenters. The fraction of sp³-hybridized carbons (Fsp3) is 0.407. The van der Waals surface area contributed by atoms with Gasteiger partial charge in [0.25, 0.3) is 5.56 Å². The van der Waals surface area contributed by atoms with Gasteiger partial charge in [-0.2, -0.15) is 0 Å². The van der Waals surface area contributed by atoms with Crippen molar-refractivity contribution >= 4 is 17.3 Å². The molecule has 0 saturated carbocycles. The smallest absolute Gasteiger partial charge is 0.410 e. The van der Waals surface area contributed by atoms with E-state index in [4.69, 9.17) is 9.72 Å². The minimum absolute atomic E-state index is 0.112. The van der Waals surface area contributed by atoms with E-state index in [0.29, 0.717) is 24.4 Å². The van der Waals surface area contributed by atoms with E-state index < -0.39 is 5.60 Å². The topological polar surface area (TPSA) is 81.2 Å². The molecule has 1 amide bonds. The van der Waals surface area contributed by atoms with Gasteiger partial charge in [-0.1, -0.05) is 6.07 Å². The highest BCUT2D eigenvalue weighted by atomic mass is 16.6. The van der Waals surface area contributed by atoms with Crippen molar-refractivity contribution in [3.05, 3.63) is 70.2 Å². The number of hydrogen-bond donors (Lipinski definition) is 0. The highest BCUT2D eigenvalue weighted by Gasteiger charge is 2.27. The lowest BCUT2D eigenvalue weighted by Gasteiger charge is -2.33. The normalized spacial score (nSPS) is 15.2. The molecule has 4 aromatic rings. The molecule has 0 N–H and O–H groups in total. The second kappa shape index (κ2) is 8.52. The van der Waals surface area contributed by atoms with Crippen LogP contribution in [0.15, 0.2) is 47.7 Å². The van der Waals surface area contributed by atoms with Gasteiger partial charge in [0.15, 0.2) is 0 Å². The molecule has 5 rings (SSSR count). The van der Waals surface area contributed by atoms with E-state index in [1.165, 1.54) is 0 Å². The number of aromatic nitrogens is 4. The van der Waals surface area contributed by atoms with Gasteiger partial charge in [-0.05, 0) is 71.1 Å². The molecule has 4 aromatic heterocycles. The van der Waals surface area contributed by atoms with Crippen molar-refractivity contribution in [2.45, 2.75) is 59.0 Å². The van der Waals surface area contributed by atoms with Gasteiger partial charge in [-0.25, -0.2) is 9.78 Å². The molecular weight excluding hydrogens is 442 g/mol. The van der Waals surface area contributed by atoms with Crippen LogP contribution in [0.2, 0.25) is 0 Å². The number of rotatable bonds is 2. The van der Waals surface area contributed by atoms with E-state index >= 15 is 0 Å². The molecule has 8 nitrogen and oxygen atoms in total. The summed E-state index contributed by atoms with van der Waals surface area (Å²) in [6.07, 6.45) is 7.25. The minimum atomic E-state index is -0.498. The maximum absolute atomic E-state index is 13.1. The number of nitrogens with zero attached hydrogens (tertiary/aromatic N) is 5. The maximum atomic E-state index is 13.1. The molecule has 0 aromatic carbocycles. The number of hydrogen-bond acceptors (Lipinski definition) is 5. The number of likely N-dealkylation sites (tertiary alicyclic amines) is 1. The first-order chi connectivity index (χ1) is 16.6. The van der Waals surface area contributed by atoms with Gasteiger partial charge in [0.1, 0.15) is 11.2 Å². The molecule has 0 unspecified atom stereocenters. The van der Waals surface area contributed by atoms with E-state index in [1.807, 2.05) is 75.8 Å². The number of amides is 1. The number of ether oxygens (including phenoxy) is 1. The van der Waals surface area contributed by atoms with Gasteiger partial charge >= 0.3 is 6.09 Å².